The molecule has 0 unspecified atom stereocenters. The molecule has 2 N–H and O–H groups in total. The Balaban J connectivity index is 2.06. The third-order valence-electron chi connectivity index (χ3n) is 2.07. The number of aromatic amines is 1. The van der Waals surface area contributed by atoms with Crippen molar-refractivity contribution in [3.63, 3.8) is 0 Å². The Morgan fingerprint density at radius 2 is 2.46 bits per heavy atom. The molecule has 0 aromatic carbocycles. The Labute approximate surface area is 75.4 Å². The molecule has 0 aliphatic carbocycles. The van der Waals surface area contributed by atoms with E-state index >= 15 is 0 Å². The number of aryl methyl sites for hydroxylation is 1. The summed E-state index contributed by atoms with van der Waals surface area (Å²) in [6.07, 6.45) is -0.357. The van der Waals surface area contributed by atoms with Crippen molar-refractivity contribution in [2.75, 3.05) is 13.1 Å². The summed E-state index contributed by atoms with van der Waals surface area (Å²) in [6.45, 7) is 2.68. The first-order chi connectivity index (χ1) is 6.16. The molecule has 0 saturated carbocycles. The normalized spacial score (nSPS) is 17.2. The molecular weight excluding hydrogens is 170 g/mol. The van der Waals surface area contributed by atoms with Crippen LogP contribution >= 0.6 is 0 Å². The van der Waals surface area contributed by atoms with Crippen LogP contribution in [-0.2, 0) is 0 Å². The first kappa shape index (κ1) is 8.25. The number of aliphatic hydroxyl groups is 1. The zero-order valence-electron chi connectivity index (χ0n) is 7.32. The largest absolute Gasteiger partial charge is 0.389 e. The second-order valence-corrected chi connectivity index (χ2v) is 3.30. The minimum atomic E-state index is -0.357. The summed E-state index contributed by atoms with van der Waals surface area (Å²) >= 11 is 0. The van der Waals surface area contributed by atoms with E-state index in [1.165, 1.54) is 0 Å². The number of β-amino-alcohol motifs (C(OH)–C–C–N with tert-alkyl or cyclic N) is 1. The van der Waals surface area contributed by atoms with Gasteiger partial charge in [-0.15, -0.1) is 0 Å². The highest BCUT2D eigenvalue weighted by Gasteiger charge is 2.30. The summed E-state index contributed by atoms with van der Waals surface area (Å²) in [5.41, 5.74) is 1.29. The fourth-order valence-electron chi connectivity index (χ4n) is 1.31. The number of rotatable bonds is 1. The fraction of sp³-hybridized carbons (Fsp3) is 0.500. The van der Waals surface area contributed by atoms with Gasteiger partial charge in [-0.25, -0.2) is 0 Å². The van der Waals surface area contributed by atoms with Crippen molar-refractivity contribution in [3.8, 4) is 0 Å². The van der Waals surface area contributed by atoms with Crippen LogP contribution in [0.1, 0.15) is 16.2 Å². The number of likely N-dealkylation sites (tertiary alicyclic amines) is 1. The van der Waals surface area contributed by atoms with Gasteiger partial charge in [-0.05, 0) is 13.0 Å². The highest BCUT2D eigenvalue weighted by Crippen LogP contribution is 2.11. The van der Waals surface area contributed by atoms with Crippen molar-refractivity contribution in [3.05, 3.63) is 17.5 Å². The molecule has 0 bridgehead atoms. The van der Waals surface area contributed by atoms with Gasteiger partial charge in [0.1, 0.15) is 5.69 Å². The van der Waals surface area contributed by atoms with Gasteiger partial charge < -0.3 is 10.0 Å². The lowest BCUT2D eigenvalue weighted by Gasteiger charge is -2.35. The number of H-pyrrole nitrogens is 1. The highest BCUT2D eigenvalue weighted by molar-refractivity contribution is 5.92. The van der Waals surface area contributed by atoms with E-state index in [0.717, 1.165) is 5.69 Å². The predicted octanol–water partition coefficient (Wildman–Crippen LogP) is -0.465. The summed E-state index contributed by atoms with van der Waals surface area (Å²) in [5.74, 6) is -0.116. The summed E-state index contributed by atoms with van der Waals surface area (Å²) in [4.78, 5) is 13.1. The first-order valence-electron chi connectivity index (χ1n) is 4.16. The maximum atomic E-state index is 11.5. The van der Waals surface area contributed by atoms with Crippen molar-refractivity contribution in [2.45, 2.75) is 13.0 Å². The van der Waals surface area contributed by atoms with Crippen LogP contribution in [0, 0.1) is 6.92 Å². The third kappa shape index (κ3) is 1.42. The number of nitrogens with zero attached hydrogens (tertiary/aromatic N) is 2. The molecule has 70 valence electrons. The molecule has 1 aliphatic rings. The average molecular weight is 181 g/mol. The Morgan fingerprint density at radius 3 is 2.92 bits per heavy atom. The van der Waals surface area contributed by atoms with Crippen molar-refractivity contribution < 1.29 is 9.90 Å². The monoisotopic (exact) mass is 181 g/mol. The molecule has 1 aromatic rings. The zero-order chi connectivity index (χ0) is 9.42. The van der Waals surface area contributed by atoms with E-state index in [2.05, 4.69) is 10.2 Å². The summed E-state index contributed by atoms with van der Waals surface area (Å²) in [6, 6.07) is 1.70. The van der Waals surface area contributed by atoms with Gasteiger partial charge in [0.15, 0.2) is 0 Å². The predicted molar refractivity (Wildman–Crippen MR) is 45.2 cm³/mol. The number of aliphatic hydroxyl groups excluding tert-OH is 1. The first-order valence-corrected chi connectivity index (χ1v) is 4.16. The molecule has 1 aliphatic heterocycles. The van der Waals surface area contributed by atoms with Crippen LogP contribution in [0.4, 0.5) is 0 Å². The molecule has 1 amide bonds. The average Bonchev–Trinajstić information content (AvgIpc) is 2.45. The second-order valence-electron chi connectivity index (χ2n) is 3.30. The summed E-state index contributed by atoms with van der Waals surface area (Å²) in [5, 5.41) is 15.5. The van der Waals surface area contributed by atoms with Crippen LogP contribution in [0.25, 0.3) is 0 Å². The number of carbonyl (C=O) groups excluding carboxylic acids is 1. The van der Waals surface area contributed by atoms with Crippen LogP contribution in [0.3, 0.4) is 0 Å². The van der Waals surface area contributed by atoms with Crippen LogP contribution in [-0.4, -0.2) is 45.3 Å². The molecule has 5 heteroatoms. The van der Waals surface area contributed by atoms with Crippen LogP contribution in [0.5, 0.6) is 0 Å². The third-order valence-corrected chi connectivity index (χ3v) is 2.07. The van der Waals surface area contributed by atoms with Crippen molar-refractivity contribution in [1.29, 1.82) is 0 Å². The van der Waals surface area contributed by atoms with Crippen molar-refractivity contribution in [1.82, 2.24) is 15.1 Å². The number of nitrogens with one attached hydrogen (secondary N) is 1. The molecule has 0 radical (unpaired) electrons. The molecule has 0 atom stereocenters. The molecule has 2 rings (SSSR count). The second kappa shape index (κ2) is 2.85. The van der Waals surface area contributed by atoms with E-state index in [4.69, 9.17) is 5.11 Å². The van der Waals surface area contributed by atoms with E-state index in [1.54, 1.807) is 11.0 Å². The smallest absolute Gasteiger partial charge is 0.274 e. The zero-order valence-corrected chi connectivity index (χ0v) is 7.32. The SMILES string of the molecule is Cc1cc(C(=O)N2CC(O)C2)n[nH]1. The molecular formula is C8H11N3O2. The van der Waals surface area contributed by atoms with Gasteiger partial charge >= 0.3 is 0 Å². The minimum absolute atomic E-state index is 0.116. The number of hydrogen-bond donors (Lipinski definition) is 2. The molecule has 1 fully saturated rings. The maximum Gasteiger partial charge on any atom is 0.274 e. The molecule has 2 heterocycles. The van der Waals surface area contributed by atoms with E-state index < -0.39 is 0 Å². The van der Waals surface area contributed by atoms with Crippen LogP contribution in [0.15, 0.2) is 6.07 Å². The topological polar surface area (TPSA) is 69.2 Å². The minimum Gasteiger partial charge on any atom is -0.389 e. The number of aromatic nitrogens is 2. The Morgan fingerprint density at radius 1 is 1.77 bits per heavy atom. The molecule has 13 heavy (non-hydrogen) atoms. The molecule has 5 nitrogen and oxygen atoms in total. The van der Waals surface area contributed by atoms with Gasteiger partial charge in [0.25, 0.3) is 5.91 Å². The Bertz CT molecular complexity index is 328. The lowest BCUT2D eigenvalue weighted by molar-refractivity contribution is 0.00550. The molecule has 1 aromatic heterocycles. The van der Waals surface area contributed by atoms with Crippen molar-refractivity contribution >= 4 is 5.91 Å². The van der Waals surface area contributed by atoms with E-state index in [0.29, 0.717) is 18.8 Å². The number of amides is 1. The lowest BCUT2D eigenvalue weighted by Crippen LogP contribution is -2.53. The Hall–Kier alpha value is -1.36. The van der Waals surface area contributed by atoms with Gasteiger partial charge in [0.2, 0.25) is 0 Å². The van der Waals surface area contributed by atoms with Crippen LogP contribution < -0.4 is 0 Å². The quantitative estimate of drug-likeness (QED) is 0.615. The lowest BCUT2D eigenvalue weighted by atomic mass is 10.1. The number of hydrogen-bond acceptors (Lipinski definition) is 3. The van der Waals surface area contributed by atoms with E-state index in [-0.39, 0.29) is 12.0 Å². The molecule has 1 saturated heterocycles. The fourth-order valence-corrected chi connectivity index (χ4v) is 1.31. The maximum absolute atomic E-state index is 11.5. The van der Waals surface area contributed by atoms with Gasteiger partial charge in [-0.2, -0.15) is 5.10 Å². The van der Waals surface area contributed by atoms with Crippen molar-refractivity contribution in [2.24, 2.45) is 0 Å². The standard InChI is InChI=1S/C8H11N3O2/c1-5-2-7(10-9-5)8(13)11-3-6(12)4-11/h2,6,12H,3-4H2,1H3,(H,9,10). The highest BCUT2D eigenvalue weighted by atomic mass is 16.3. The van der Waals surface area contributed by atoms with Gasteiger partial charge in [0.05, 0.1) is 6.10 Å². The van der Waals surface area contributed by atoms with E-state index in [9.17, 15) is 4.79 Å². The number of carbonyl (C=O) groups is 1. The van der Waals surface area contributed by atoms with Gasteiger partial charge in [0, 0.05) is 18.8 Å². The van der Waals surface area contributed by atoms with Gasteiger partial charge in [-0.3, -0.25) is 9.89 Å². The van der Waals surface area contributed by atoms with Crippen LogP contribution in [0.2, 0.25) is 0 Å². The van der Waals surface area contributed by atoms with E-state index in [1.807, 2.05) is 6.92 Å². The molecule has 0 spiro atoms. The summed E-state index contributed by atoms with van der Waals surface area (Å²) < 4.78 is 0. The summed E-state index contributed by atoms with van der Waals surface area (Å²) in [7, 11) is 0. The Kier molecular flexibility index (Phi) is 1.81. The van der Waals surface area contributed by atoms with Gasteiger partial charge in [-0.1, -0.05) is 0 Å².